The summed E-state index contributed by atoms with van der Waals surface area (Å²) in [5.74, 6) is -5.80. The summed E-state index contributed by atoms with van der Waals surface area (Å²) in [6.45, 7) is 8.75. The number of ketones is 2. The molecule has 3 aliphatic rings. The van der Waals surface area contributed by atoms with E-state index in [4.69, 9.17) is 4.74 Å². The zero-order valence-corrected chi connectivity index (χ0v) is 18.0. The van der Waals surface area contributed by atoms with Crippen LogP contribution in [-0.4, -0.2) is 49.0 Å². The summed E-state index contributed by atoms with van der Waals surface area (Å²) in [4.78, 5) is 26.4. The number of allylic oxidation sites excluding steroid dienone is 6. The van der Waals surface area contributed by atoms with E-state index in [2.05, 4.69) is 0 Å². The van der Waals surface area contributed by atoms with E-state index in [0.717, 1.165) is 0 Å². The van der Waals surface area contributed by atoms with E-state index >= 15 is 0 Å². The molecule has 1 heterocycles. The molecule has 0 amide bonds. The molecule has 1 saturated heterocycles. The van der Waals surface area contributed by atoms with Gasteiger partial charge in [0.2, 0.25) is 5.79 Å². The van der Waals surface area contributed by atoms with Crippen LogP contribution in [0.1, 0.15) is 41.5 Å². The van der Waals surface area contributed by atoms with Crippen LogP contribution in [-0.2, 0) is 14.3 Å². The van der Waals surface area contributed by atoms with Gasteiger partial charge in [0, 0.05) is 17.1 Å². The fraction of sp³-hybridized carbons (Fsp3) is 0.478. The number of aliphatic hydroxyl groups excluding tert-OH is 2. The van der Waals surface area contributed by atoms with Gasteiger partial charge >= 0.3 is 0 Å². The first kappa shape index (κ1) is 22.2. The first-order valence-electron chi connectivity index (χ1n) is 9.77. The molecule has 2 aliphatic carbocycles. The van der Waals surface area contributed by atoms with Crippen LogP contribution in [0.25, 0.3) is 0 Å². The fourth-order valence-electron chi connectivity index (χ4n) is 5.06. The summed E-state index contributed by atoms with van der Waals surface area (Å²) in [6, 6.07) is 0. The van der Waals surface area contributed by atoms with Crippen molar-refractivity contribution in [1.29, 1.82) is 0 Å². The minimum Gasteiger partial charge on any atom is -0.508 e. The molecule has 7 heteroatoms. The molecule has 4 N–H and O–H groups in total. The van der Waals surface area contributed by atoms with Crippen molar-refractivity contribution >= 4 is 11.6 Å². The molecule has 0 unspecified atom stereocenters. The second-order valence-corrected chi connectivity index (χ2v) is 8.74. The Labute approximate surface area is 175 Å². The van der Waals surface area contributed by atoms with E-state index in [1.165, 1.54) is 52.8 Å². The van der Waals surface area contributed by atoms with Crippen LogP contribution in [0.5, 0.6) is 0 Å². The molecule has 5 atom stereocenters. The van der Waals surface area contributed by atoms with Gasteiger partial charge in [-0.1, -0.05) is 18.2 Å². The predicted octanol–water partition coefficient (Wildman–Crippen LogP) is 2.73. The van der Waals surface area contributed by atoms with Crippen LogP contribution in [0.3, 0.4) is 0 Å². The molecule has 1 fully saturated rings. The number of Topliss-reactive ketones (excluding diaryl/α,β-unsaturated/α-hetero) is 1. The number of carbonyl (C=O) groups excluding carboxylic acids is 2. The molecule has 0 aromatic carbocycles. The maximum absolute atomic E-state index is 13.3. The summed E-state index contributed by atoms with van der Waals surface area (Å²) in [7, 11) is 0. The molecule has 1 aliphatic heterocycles. The second-order valence-electron chi connectivity index (χ2n) is 8.74. The van der Waals surface area contributed by atoms with Crippen molar-refractivity contribution in [2.24, 2.45) is 11.3 Å². The Bertz CT molecular complexity index is 993. The maximum atomic E-state index is 13.3. The topological polar surface area (TPSA) is 124 Å². The highest BCUT2D eigenvalue weighted by Crippen LogP contribution is 2.66. The lowest BCUT2D eigenvalue weighted by atomic mass is 9.54. The van der Waals surface area contributed by atoms with Gasteiger partial charge in [-0.25, -0.2) is 0 Å². The molecule has 0 bridgehead atoms. The van der Waals surface area contributed by atoms with E-state index in [-0.39, 0.29) is 22.5 Å². The highest BCUT2D eigenvalue weighted by Gasteiger charge is 2.80. The Kier molecular flexibility index (Phi) is 4.82. The minimum absolute atomic E-state index is 0.0719. The number of hydrogen-bond acceptors (Lipinski definition) is 7. The lowest BCUT2D eigenvalue weighted by Gasteiger charge is -2.50. The van der Waals surface area contributed by atoms with Crippen LogP contribution in [0.2, 0.25) is 0 Å². The Hall–Kier alpha value is -2.48. The van der Waals surface area contributed by atoms with Crippen molar-refractivity contribution in [1.82, 2.24) is 0 Å². The predicted molar refractivity (Wildman–Crippen MR) is 109 cm³/mol. The van der Waals surface area contributed by atoms with Crippen molar-refractivity contribution in [3.8, 4) is 0 Å². The van der Waals surface area contributed by atoms with E-state index in [1.807, 2.05) is 0 Å². The van der Waals surface area contributed by atoms with Gasteiger partial charge in [0.15, 0.2) is 11.6 Å². The third-order valence-electron chi connectivity index (χ3n) is 7.00. The van der Waals surface area contributed by atoms with Crippen LogP contribution in [0.15, 0.2) is 58.6 Å². The Balaban J connectivity index is 2.42. The maximum Gasteiger partial charge on any atom is 0.213 e. The SMILES string of the molecule is C/C=C/C=C/C(O)=C1\C(O)=C(C)C(=O)[C@@]2(C)O[C@]3(O)[C@@](C)(C(=O)C=C(C)[C@@]3(C)O)[C@@H]12. The average Bonchev–Trinajstić information content (AvgIpc) is 2.86. The zero-order chi connectivity index (χ0) is 22.9. The summed E-state index contributed by atoms with van der Waals surface area (Å²) in [5.41, 5.74) is -5.66. The smallest absolute Gasteiger partial charge is 0.213 e. The van der Waals surface area contributed by atoms with E-state index in [1.54, 1.807) is 19.1 Å². The van der Waals surface area contributed by atoms with Gasteiger partial charge in [-0.15, -0.1) is 0 Å². The Morgan fingerprint density at radius 3 is 2.30 bits per heavy atom. The first-order chi connectivity index (χ1) is 13.7. The molecule has 7 nitrogen and oxygen atoms in total. The second kappa shape index (κ2) is 6.51. The fourth-order valence-corrected chi connectivity index (χ4v) is 5.06. The molecule has 0 aromatic heterocycles. The van der Waals surface area contributed by atoms with Crippen molar-refractivity contribution in [2.45, 2.75) is 58.5 Å². The molecular formula is C23H28O7. The van der Waals surface area contributed by atoms with Gasteiger partial charge in [-0.05, 0) is 59.3 Å². The van der Waals surface area contributed by atoms with Gasteiger partial charge in [0.1, 0.15) is 22.7 Å². The summed E-state index contributed by atoms with van der Waals surface area (Å²) >= 11 is 0. The normalized spacial score (nSPS) is 43.3. The molecule has 0 aromatic rings. The summed E-state index contributed by atoms with van der Waals surface area (Å²) in [6.07, 6.45) is 7.45. The number of carbonyl (C=O) groups is 2. The first-order valence-corrected chi connectivity index (χ1v) is 9.77. The van der Waals surface area contributed by atoms with E-state index in [9.17, 15) is 30.0 Å². The minimum atomic E-state index is -2.48. The molecule has 3 rings (SSSR count). The number of hydrogen-bond donors (Lipinski definition) is 4. The number of rotatable bonds is 2. The Morgan fingerprint density at radius 2 is 1.73 bits per heavy atom. The highest BCUT2D eigenvalue weighted by atomic mass is 16.7. The molecular weight excluding hydrogens is 388 g/mol. The number of ether oxygens (including phenoxy) is 1. The number of fused-ring (bicyclic) bond motifs is 3. The molecule has 0 saturated carbocycles. The van der Waals surface area contributed by atoms with Crippen molar-refractivity contribution in [2.75, 3.05) is 0 Å². The Morgan fingerprint density at radius 1 is 1.13 bits per heavy atom. The van der Waals surface area contributed by atoms with Crippen molar-refractivity contribution in [3.05, 3.63) is 58.6 Å². The monoisotopic (exact) mass is 416 g/mol. The van der Waals surface area contributed by atoms with Gasteiger partial charge in [0.25, 0.3) is 0 Å². The van der Waals surface area contributed by atoms with Gasteiger partial charge in [-0.3, -0.25) is 9.59 Å². The van der Waals surface area contributed by atoms with Crippen LogP contribution in [0.4, 0.5) is 0 Å². The number of aliphatic hydroxyl groups is 4. The molecule has 162 valence electrons. The summed E-state index contributed by atoms with van der Waals surface area (Å²) < 4.78 is 5.91. The van der Waals surface area contributed by atoms with Gasteiger partial charge in [0.05, 0.1) is 5.41 Å². The lowest BCUT2D eigenvalue weighted by Crippen LogP contribution is -2.66. The summed E-state index contributed by atoms with van der Waals surface area (Å²) in [5, 5.41) is 44.4. The molecule has 0 radical (unpaired) electrons. The third-order valence-corrected chi connectivity index (χ3v) is 7.00. The largest absolute Gasteiger partial charge is 0.508 e. The quantitative estimate of drug-likeness (QED) is 0.403. The van der Waals surface area contributed by atoms with Crippen LogP contribution in [0, 0.1) is 11.3 Å². The molecule has 0 spiro atoms. The lowest BCUT2D eigenvalue weighted by molar-refractivity contribution is -0.313. The third kappa shape index (κ3) is 2.37. The van der Waals surface area contributed by atoms with Crippen molar-refractivity contribution in [3.63, 3.8) is 0 Å². The molecule has 30 heavy (non-hydrogen) atoms. The van der Waals surface area contributed by atoms with Crippen molar-refractivity contribution < 1.29 is 34.8 Å². The van der Waals surface area contributed by atoms with Gasteiger partial charge in [-0.2, -0.15) is 0 Å². The average molecular weight is 416 g/mol. The standard InChI is InChI=1S/C23H28O7/c1-7-8-9-10-14(24)16-17(26)13(3)19(27)21(5)18(16)20(4)15(25)11-12(2)22(6,28)23(20,29)30-21/h7-11,18,24,26,28-29H,1-6H3/b8-7+,10-9+,16-14-/t18-,20+,21+,22-,23-/m1/s1. The van der Waals surface area contributed by atoms with Crippen LogP contribution >= 0.6 is 0 Å². The van der Waals surface area contributed by atoms with Crippen LogP contribution < -0.4 is 0 Å². The van der Waals surface area contributed by atoms with E-state index in [0.29, 0.717) is 0 Å². The van der Waals surface area contributed by atoms with E-state index < -0.39 is 45.6 Å². The highest BCUT2D eigenvalue weighted by molar-refractivity contribution is 6.08. The van der Waals surface area contributed by atoms with Gasteiger partial charge < -0.3 is 25.2 Å². The zero-order valence-electron chi connectivity index (χ0n) is 18.0.